The molecule has 0 aliphatic rings. The Labute approximate surface area is 162 Å². The van der Waals surface area contributed by atoms with Gasteiger partial charge in [-0.2, -0.15) is 0 Å². The number of carboxylic acids is 1. The number of benzene rings is 2. The van der Waals surface area contributed by atoms with Crippen molar-refractivity contribution in [1.29, 1.82) is 0 Å². The van der Waals surface area contributed by atoms with Crippen molar-refractivity contribution in [1.82, 2.24) is 5.32 Å². The summed E-state index contributed by atoms with van der Waals surface area (Å²) < 4.78 is 10.4. The highest BCUT2D eigenvalue weighted by Gasteiger charge is 2.15. The van der Waals surface area contributed by atoms with E-state index in [1.807, 2.05) is 31.2 Å². The molecule has 0 heterocycles. The maximum Gasteiger partial charge on any atom is 0.335 e. The quantitative estimate of drug-likeness (QED) is 0.641. The van der Waals surface area contributed by atoms with Crippen molar-refractivity contribution < 1.29 is 24.2 Å². The summed E-state index contributed by atoms with van der Waals surface area (Å²) in [6.45, 7) is 2.29. The zero-order valence-electron chi connectivity index (χ0n) is 15.5. The first-order valence-corrected chi connectivity index (χ1v) is 9.31. The van der Waals surface area contributed by atoms with E-state index in [1.165, 1.54) is 31.0 Å². The average Bonchev–Trinajstić information content (AvgIpc) is 2.68. The van der Waals surface area contributed by atoms with E-state index in [-0.39, 0.29) is 16.7 Å². The Bertz CT molecular complexity index is 791. The number of carboxylic acid groups (broad SMARTS) is 1. The Morgan fingerprint density at radius 1 is 1.11 bits per heavy atom. The summed E-state index contributed by atoms with van der Waals surface area (Å²) >= 11 is 1.47. The molecule has 1 amide bonds. The van der Waals surface area contributed by atoms with Crippen LogP contribution >= 0.6 is 11.8 Å². The van der Waals surface area contributed by atoms with Gasteiger partial charge in [-0.15, -0.1) is 11.8 Å². The maximum absolute atomic E-state index is 12.3. The third-order valence-corrected chi connectivity index (χ3v) is 5.08. The molecule has 0 saturated carbocycles. The highest BCUT2D eigenvalue weighted by atomic mass is 32.2. The lowest BCUT2D eigenvalue weighted by Gasteiger charge is -2.13. The van der Waals surface area contributed by atoms with Crippen molar-refractivity contribution in [2.24, 2.45) is 0 Å². The van der Waals surface area contributed by atoms with Crippen molar-refractivity contribution in [2.45, 2.75) is 23.5 Å². The van der Waals surface area contributed by atoms with E-state index in [2.05, 4.69) is 5.32 Å². The zero-order valence-corrected chi connectivity index (χ0v) is 16.3. The number of hydrogen-bond donors (Lipinski definition) is 2. The molecule has 0 bridgehead atoms. The molecule has 0 aromatic heterocycles. The van der Waals surface area contributed by atoms with Gasteiger partial charge in [0.2, 0.25) is 5.91 Å². The van der Waals surface area contributed by atoms with E-state index in [1.54, 1.807) is 13.2 Å². The Morgan fingerprint density at radius 3 is 2.41 bits per heavy atom. The van der Waals surface area contributed by atoms with Crippen LogP contribution in [0.15, 0.2) is 47.4 Å². The molecule has 6 nitrogen and oxygen atoms in total. The molecule has 0 saturated heterocycles. The van der Waals surface area contributed by atoms with Crippen LogP contribution in [-0.2, 0) is 11.2 Å². The molecule has 0 aliphatic heterocycles. The monoisotopic (exact) mass is 389 g/mol. The Morgan fingerprint density at radius 2 is 1.81 bits per heavy atom. The predicted molar refractivity (Wildman–Crippen MR) is 105 cm³/mol. The third-order valence-electron chi connectivity index (χ3n) is 3.97. The van der Waals surface area contributed by atoms with Gasteiger partial charge in [0.05, 0.1) is 25.0 Å². The lowest BCUT2D eigenvalue weighted by Crippen LogP contribution is -2.32. The fourth-order valence-electron chi connectivity index (χ4n) is 2.46. The van der Waals surface area contributed by atoms with Crippen molar-refractivity contribution in [3.8, 4) is 11.5 Å². The van der Waals surface area contributed by atoms with Crippen LogP contribution in [0.1, 0.15) is 22.8 Å². The first kappa shape index (κ1) is 20.6. The van der Waals surface area contributed by atoms with Crippen LogP contribution in [0.25, 0.3) is 0 Å². The standard InChI is InChI=1S/C20H23NO5S/c1-13(27-17-8-6-16(25-2)7-9-17)19(22)21-11-10-14-4-5-15(20(23)24)12-18(14)26-3/h4-9,12-13H,10-11H2,1-3H3,(H,21,22)(H,23,24). The van der Waals surface area contributed by atoms with E-state index in [9.17, 15) is 9.59 Å². The smallest absolute Gasteiger partial charge is 0.335 e. The molecule has 144 valence electrons. The summed E-state index contributed by atoms with van der Waals surface area (Å²) in [5.41, 5.74) is 1.02. The predicted octanol–water partition coefficient (Wildman–Crippen LogP) is 3.24. The molecule has 1 unspecified atom stereocenters. The van der Waals surface area contributed by atoms with Gasteiger partial charge >= 0.3 is 5.97 Å². The molecule has 2 N–H and O–H groups in total. The molecule has 2 rings (SSSR count). The van der Waals surface area contributed by atoms with Crippen molar-refractivity contribution in [3.63, 3.8) is 0 Å². The highest BCUT2D eigenvalue weighted by molar-refractivity contribution is 8.00. The number of hydrogen-bond acceptors (Lipinski definition) is 5. The number of nitrogens with one attached hydrogen (secondary N) is 1. The van der Waals surface area contributed by atoms with Gasteiger partial charge in [0.25, 0.3) is 0 Å². The van der Waals surface area contributed by atoms with E-state index >= 15 is 0 Å². The summed E-state index contributed by atoms with van der Waals surface area (Å²) in [6, 6.07) is 12.3. The van der Waals surface area contributed by atoms with Crippen molar-refractivity contribution in [3.05, 3.63) is 53.6 Å². The fraction of sp³-hybridized carbons (Fsp3) is 0.300. The molecule has 0 radical (unpaired) electrons. The van der Waals surface area contributed by atoms with Crippen LogP contribution in [0.4, 0.5) is 0 Å². The second-order valence-electron chi connectivity index (χ2n) is 5.81. The number of aromatic carboxylic acids is 1. The van der Waals surface area contributed by atoms with Gasteiger partial charge in [-0.25, -0.2) is 4.79 Å². The van der Waals surface area contributed by atoms with Crippen LogP contribution in [0, 0.1) is 0 Å². The van der Waals surface area contributed by atoms with Crippen LogP contribution in [0.2, 0.25) is 0 Å². The molecule has 0 fully saturated rings. The normalized spacial score (nSPS) is 11.5. The van der Waals surface area contributed by atoms with Gasteiger partial charge in [0.1, 0.15) is 11.5 Å². The second-order valence-corrected chi connectivity index (χ2v) is 7.22. The lowest BCUT2D eigenvalue weighted by molar-refractivity contribution is -0.120. The van der Waals surface area contributed by atoms with Gasteiger partial charge in [0, 0.05) is 11.4 Å². The Kier molecular flexibility index (Phi) is 7.55. The first-order valence-electron chi connectivity index (χ1n) is 8.43. The minimum Gasteiger partial charge on any atom is -0.497 e. The van der Waals surface area contributed by atoms with Gasteiger partial charge in [0.15, 0.2) is 0 Å². The van der Waals surface area contributed by atoms with Gasteiger partial charge in [-0.3, -0.25) is 4.79 Å². The van der Waals surface area contributed by atoms with Gasteiger partial charge < -0.3 is 19.9 Å². The number of ether oxygens (including phenoxy) is 2. The summed E-state index contributed by atoms with van der Waals surface area (Å²) in [5.74, 6) is 0.221. The number of amides is 1. The van der Waals surface area contributed by atoms with E-state index in [0.29, 0.717) is 18.7 Å². The second kappa shape index (κ2) is 9.87. The lowest BCUT2D eigenvalue weighted by atomic mass is 10.1. The molecule has 2 aromatic carbocycles. The zero-order chi connectivity index (χ0) is 19.8. The van der Waals surface area contributed by atoms with Crippen LogP contribution < -0.4 is 14.8 Å². The largest absolute Gasteiger partial charge is 0.497 e. The number of carbonyl (C=O) groups excluding carboxylic acids is 1. The van der Waals surface area contributed by atoms with Crippen molar-refractivity contribution >= 4 is 23.6 Å². The molecule has 1 atom stereocenters. The van der Waals surface area contributed by atoms with Crippen LogP contribution in [-0.4, -0.2) is 43.0 Å². The summed E-state index contributed by atoms with van der Waals surface area (Å²) in [4.78, 5) is 24.3. The maximum atomic E-state index is 12.3. The fourth-order valence-corrected chi connectivity index (χ4v) is 3.35. The number of thioether (sulfide) groups is 1. The summed E-state index contributed by atoms with van der Waals surface area (Å²) in [5, 5.41) is 11.7. The number of methoxy groups -OCH3 is 2. The van der Waals surface area contributed by atoms with Crippen LogP contribution in [0.5, 0.6) is 11.5 Å². The van der Waals surface area contributed by atoms with Gasteiger partial charge in [-0.1, -0.05) is 6.07 Å². The number of carbonyl (C=O) groups is 2. The molecule has 7 heteroatoms. The molecular formula is C20H23NO5S. The third kappa shape index (κ3) is 5.92. The van der Waals surface area contributed by atoms with Crippen LogP contribution in [0.3, 0.4) is 0 Å². The SMILES string of the molecule is COc1ccc(SC(C)C(=O)NCCc2ccc(C(=O)O)cc2OC)cc1. The van der Waals surface area contributed by atoms with E-state index in [4.69, 9.17) is 14.6 Å². The average molecular weight is 389 g/mol. The van der Waals surface area contributed by atoms with E-state index in [0.717, 1.165) is 16.2 Å². The minimum atomic E-state index is -1.00. The highest BCUT2D eigenvalue weighted by Crippen LogP contribution is 2.25. The minimum absolute atomic E-state index is 0.0584. The number of rotatable bonds is 9. The molecule has 0 spiro atoms. The van der Waals surface area contributed by atoms with Gasteiger partial charge in [-0.05, 0) is 55.3 Å². The first-order chi connectivity index (χ1) is 12.9. The van der Waals surface area contributed by atoms with E-state index < -0.39 is 5.97 Å². The molecule has 2 aromatic rings. The Hall–Kier alpha value is -2.67. The molecule has 0 aliphatic carbocycles. The summed E-state index contributed by atoms with van der Waals surface area (Å²) in [7, 11) is 3.11. The Balaban J connectivity index is 1.86. The molecule has 27 heavy (non-hydrogen) atoms. The summed E-state index contributed by atoms with van der Waals surface area (Å²) in [6.07, 6.45) is 0.550. The topological polar surface area (TPSA) is 84.9 Å². The molecular weight excluding hydrogens is 366 g/mol. The van der Waals surface area contributed by atoms with Crippen molar-refractivity contribution in [2.75, 3.05) is 20.8 Å².